The highest BCUT2D eigenvalue weighted by atomic mass is 127. The summed E-state index contributed by atoms with van der Waals surface area (Å²) >= 11 is 0. The van der Waals surface area contributed by atoms with E-state index in [1.807, 2.05) is 6.07 Å². The summed E-state index contributed by atoms with van der Waals surface area (Å²) in [4.78, 5) is 4.17. The summed E-state index contributed by atoms with van der Waals surface area (Å²) in [5.41, 5.74) is 0.832. The van der Waals surface area contributed by atoms with Gasteiger partial charge in [-0.1, -0.05) is 25.0 Å². The first kappa shape index (κ1) is 20.9. The Kier molecular flexibility index (Phi) is 8.65. The van der Waals surface area contributed by atoms with Gasteiger partial charge in [0.05, 0.1) is 0 Å². The van der Waals surface area contributed by atoms with E-state index in [1.54, 1.807) is 19.2 Å². The molecule has 0 aliphatic heterocycles. The van der Waals surface area contributed by atoms with E-state index in [1.165, 1.54) is 18.9 Å². The third-order valence-corrected chi connectivity index (χ3v) is 3.68. The lowest BCUT2D eigenvalue weighted by atomic mass is 10.2. The minimum atomic E-state index is -4.33. The Balaban J connectivity index is 0.00000288. The third-order valence-electron chi connectivity index (χ3n) is 3.68. The average molecular weight is 457 g/mol. The van der Waals surface area contributed by atoms with Crippen LogP contribution >= 0.6 is 24.0 Å². The van der Waals surface area contributed by atoms with Crippen molar-refractivity contribution in [2.24, 2.45) is 4.99 Å². The Bertz CT molecular complexity index is 532. The van der Waals surface area contributed by atoms with Crippen molar-refractivity contribution in [1.82, 2.24) is 10.6 Å². The lowest BCUT2D eigenvalue weighted by molar-refractivity contribution is -0.153. The van der Waals surface area contributed by atoms with Crippen LogP contribution < -0.4 is 15.4 Å². The monoisotopic (exact) mass is 457 g/mol. The molecule has 8 heteroatoms. The van der Waals surface area contributed by atoms with Crippen LogP contribution in [-0.4, -0.2) is 31.8 Å². The van der Waals surface area contributed by atoms with Crippen LogP contribution in [0, 0.1) is 0 Å². The van der Waals surface area contributed by atoms with Gasteiger partial charge in [0.25, 0.3) is 0 Å². The van der Waals surface area contributed by atoms with Crippen molar-refractivity contribution < 1.29 is 17.9 Å². The molecular formula is C16H23F3IN3O. The van der Waals surface area contributed by atoms with Gasteiger partial charge < -0.3 is 15.4 Å². The number of guanidine groups is 1. The summed E-state index contributed by atoms with van der Waals surface area (Å²) < 4.78 is 41.3. The molecule has 0 radical (unpaired) electrons. The van der Waals surface area contributed by atoms with Gasteiger partial charge in [0.15, 0.2) is 12.6 Å². The van der Waals surface area contributed by atoms with Crippen LogP contribution in [0.3, 0.4) is 0 Å². The molecule has 24 heavy (non-hydrogen) atoms. The lowest BCUT2D eigenvalue weighted by Gasteiger charge is -2.17. The molecule has 0 atom stereocenters. The van der Waals surface area contributed by atoms with Crippen LogP contribution in [0.15, 0.2) is 29.3 Å². The van der Waals surface area contributed by atoms with Crippen LogP contribution in [0.5, 0.6) is 5.75 Å². The van der Waals surface area contributed by atoms with Gasteiger partial charge in [-0.05, 0) is 30.5 Å². The van der Waals surface area contributed by atoms with Crippen molar-refractivity contribution in [3.05, 3.63) is 29.8 Å². The number of alkyl halides is 3. The highest BCUT2D eigenvalue weighted by Gasteiger charge is 2.28. The van der Waals surface area contributed by atoms with Crippen molar-refractivity contribution in [2.75, 3.05) is 13.7 Å². The van der Waals surface area contributed by atoms with Crippen LogP contribution in [0.25, 0.3) is 0 Å². The average Bonchev–Trinajstić information content (AvgIpc) is 3.02. The first-order valence-corrected chi connectivity index (χ1v) is 7.72. The molecule has 2 rings (SSSR count). The molecule has 0 aromatic heterocycles. The number of hydrogen-bond acceptors (Lipinski definition) is 2. The number of benzene rings is 1. The fourth-order valence-electron chi connectivity index (χ4n) is 2.55. The highest BCUT2D eigenvalue weighted by Crippen LogP contribution is 2.19. The molecule has 1 aliphatic carbocycles. The van der Waals surface area contributed by atoms with E-state index in [-0.39, 0.29) is 29.7 Å². The molecule has 0 amide bonds. The lowest BCUT2D eigenvalue weighted by Crippen LogP contribution is -2.41. The number of rotatable bonds is 5. The molecule has 1 fully saturated rings. The minimum Gasteiger partial charge on any atom is -0.484 e. The summed E-state index contributed by atoms with van der Waals surface area (Å²) in [6.07, 6.45) is 0.408. The molecule has 0 spiro atoms. The summed E-state index contributed by atoms with van der Waals surface area (Å²) in [5, 5.41) is 6.53. The Morgan fingerprint density at radius 2 is 2.00 bits per heavy atom. The highest BCUT2D eigenvalue weighted by molar-refractivity contribution is 14.0. The molecule has 136 valence electrons. The van der Waals surface area contributed by atoms with E-state index in [0.29, 0.717) is 18.5 Å². The van der Waals surface area contributed by atoms with Gasteiger partial charge in [-0.3, -0.25) is 4.99 Å². The molecule has 0 bridgehead atoms. The van der Waals surface area contributed by atoms with E-state index in [2.05, 4.69) is 15.6 Å². The summed E-state index contributed by atoms with van der Waals surface area (Å²) in [5.74, 6) is 0.916. The molecule has 0 heterocycles. The number of halogens is 4. The summed E-state index contributed by atoms with van der Waals surface area (Å²) in [6.45, 7) is -0.815. The zero-order valence-electron chi connectivity index (χ0n) is 13.5. The van der Waals surface area contributed by atoms with Gasteiger partial charge in [-0.15, -0.1) is 24.0 Å². The van der Waals surface area contributed by atoms with Crippen molar-refractivity contribution >= 4 is 29.9 Å². The second kappa shape index (κ2) is 9.95. The fourth-order valence-corrected chi connectivity index (χ4v) is 2.55. The van der Waals surface area contributed by atoms with Crippen LogP contribution in [0.2, 0.25) is 0 Å². The number of hydrogen-bond donors (Lipinski definition) is 2. The van der Waals surface area contributed by atoms with Crippen molar-refractivity contribution in [1.29, 1.82) is 0 Å². The fraction of sp³-hybridized carbons (Fsp3) is 0.562. The van der Waals surface area contributed by atoms with Crippen molar-refractivity contribution in [3.8, 4) is 5.75 Å². The van der Waals surface area contributed by atoms with Gasteiger partial charge in [0, 0.05) is 19.6 Å². The van der Waals surface area contributed by atoms with Crippen molar-refractivity contribution in [2.45, 2.75) is 44.4 Å². The molecule has 1 saturated carbocycles. The topological polar surface area (TPSA) is 45.7 Å². The van der Waals surface area contributed by atoms with E-state index in [4.69, 9.17) is 4.74 Å². The smallest absolute Gasteiger partial charge is 0.422 e. The van der Waals surface area contributed by atoms with Gasteiger partial charge in [-0.2, -0.15) is 13.2 Å². The van der Waals surface area contributed by atoms with Crippen LogP contribution in [-0.2, 0) is 6.54 Å². The second-order valence-electron chi connectivity index (χ2n) is 5.60. The molecule has 2 N–H and O–H groups in total. The van der Waals surface area contributed by atoms with E-state index >= 15 is 0 Å². The maximum Gasteiger partial charge on any atom is 0.422 e. The van der Waals surface area contributed by atoms with Gasteiger partial charge >= 0.3 is 6.18 Å². The maximum atomic E-state index is 12.2. The van der Waals surface area contributed by atoms with E-state index in [0.717, 1.165) is 18.4 Å². The molecule has 1 aromatic rings. The number of nitrogens with one attached hydrogen (secondary N) is 2. The van der Waals surface area contributed by atoms with E-state index in [9.17, 15) is 13.2 Å². The van der Waals surface area contributed by atoms with Crippen LogP contribution in [0.4, 0.5) is 13.2 Å². The largest absolute Gasteiger partial charge is 0.484 e. The zero-order chi connectivity index (χ0) is 16.7. The van der Waals surface area contributed by atoms with Crippen molar-refractivity contribution in [3.63, 3.8) is 0 Å². The Hall–Kier alpha value is -1.19. The maximum absolute atomic E-state index is 12.2. The van der Waals surface area contributed by atoms with Gasteiger partial charge in [-0.25, -0.2) is 0 Å². The first-order chi connectivity index (χ1) is 11.0. The van der Waals surface area contributed by atoms with E-state index < -0.39 is 12.8 Å². The first-order valence-electron chi connectivity index (χ1n) is 7.72. The molecular weight excluding hydrogens is 434 g/mol. The standard InChI is InChI=1S/C16H22F3N3O.HI/c1-20-15(22-13-6-2-3-7-13)21-10-12-5-4-8-14(9-12)23-11-16(17,18)19;/h4-5,8-9,13H,2-3,6-7,10-11H2,1H3,(H2,20,21,22);1H. The molecule has 1 aliphatic rings. The molecule has 4 nitrogen and oxygen atoms in total. The molecule has 0 unspecified atom stereocenters. The zero-order valence-corrected chi connectivity index (χ0v) is 15.9. The second-order valence-corrected chi connectivity index (χ2v) is 5.60. The Morgan fingerprint density at radius 3 is 2.62 bits per heavy atom. The molecule has 1 aromatic carbocycles. The normalized spacial score (nSPS) is 15.8. The summed E-state index contributed by atoms with van der Waals surface area (Å²) in [7, 11) is 1.70. The van der Waals surface area contributed by atoms with Gasteiger partial charge in [0.1, 0.15) is 5.75 Å². The van der Waals surface area contributed by atoms with Crippen LogP contribution in [0.1, 0.15) is 31.2 Å². The van der Waals surface area contributed by atoms with Gasteiger partial charge in [0.2, 0.25) is 0 Å². The predicted octanol–water partition coefficient (Wildman–Crippen LogP) is 3.85. The quantitative estimate of drug-likeness (QED) is 0.401. The Morgan fingerprint density at radius 1 is 1.29 bits per heavy atom. The third kappa shape index (κ3) is 7.59. The predicted molar refractivity (Wildman–Crippen MR) is 99.0 cm³/mol. The number of aliphatic imine (C=N–C) groups is 1. The number of ether oxygens (including phenoxy) is 1. The summed E-state index contributed by atoms with van der Waals surface area (Å²) in [6, 6.07) is 7.07. The molecule has 0 saturated heterocycles. The Labute approximate surface area is 157 Å². The SMILES string of the molecule is CN=C(NCc1cccc(OCC(F)(F)F)c1)NC1CCCC1.I. The minimum absolute atomic E-state index is 0. The number of nitrogens with zero attached hydrogens (tertiary/aromatic N) is 1.